The fourth-order valence-electron chi connectivity index (χ4n) is 3.77. The number of aryl methyl sites for hydroxylation is 1. The second kappa shape index (κ2) is 7.65. The van der Waals surface area contributed by atoms with Crippen LogP contribution in [-0.2, 0) is 6.61 Å². The number of hydrogen-bond donors (Lipinski definition) is 3. The number of aliphatic hydroxyl groups is 1. The summed E-state index contributed by atoms with van der Waals surface area (Å²) in [6.45, 7) is 2.70. The maximum absolute atomic E-state index is 10.7. The van der Waals surface area contributed by atoms with Crippen LogP contribution in [0.1, 0.15) is 17.0 Å². The maximum Gasteiger partial charge on any atom is 0.145 e. The van der Waals surface area contributed by atoms with Crippen molar-refractivity contribution >= 4 is 28.1 Å². The number of amidine groups is 1. The van der Waals surface area contributed by atoms with Gasteiger partial charge in [-0.15, -0.1) is 0 Å². The average molecular weight is 410 g/mol. The van der Waals surface area contributed by atoms with Gasteiger partial charge >= 0.3 is 0 Å². The van der Waals surface area contributed by atoms with Crippen LogP contribution in [-0.4, -0.2) is 27.5 Å². The lowest BCUT2D eigenvalue weighted by atomic mass is 10.2. The zero-order valence-electron chi connectivity index (χ0n) is 17.1. The number of anilines is 1. The Morgan fingerprint density at radius 1 is 1.06 bits per heavy atom. The van der Waals surface area contributed by atoms with Crippen LogP contribution in [0.4, 0.5) is 5.69 Å². The van der Waals surface area contributed by atoms with E-state index in [1.807, 2.05) is 79.7 Å². The number of hydrogen-bond acceptors (Lipinski definition) is 4. The average Bonchev–Trinajstić information content (AvgIpc) is 3.32. The Bertz CT molecular complexity index is 1310. The van der Waals surface area contributed by atoms with Crippen LogP contribution in [0.15, 0.2) is 78.6 Å². The molecule has 0 aliphatic carbocycles. The quantitative estimate of drug-likeness (QED) is 0.421. The summed E-state index contributed by atoms with van der Waals surface area (Å²) in [5, 5.41) is 19.3. The molecule has 2 heterocycles. The lowest BCUT2D eigenvalue weighted by Crippen LogP contribution is -2.26. The molecule has 1 aliphatic heterocycles. The molecule has 0 amide bonds. The first-order valence-corrected chi connectivity index (χ1v) is 10.1. The second-order valence-electron chi connectivity index (χ2n) is 7.63. The van der Waals surface area contributed by atoms with Crippen LogP contribution in [0.25, 0.3) is 16.6 Å². The van der Waals surface area contributed by atoms with E-state index in [-0.39, 0.29) is 18.1 Å². The van der Waals surface area contributed by atoms with Crippen LogP contribution in [0.2, 0.25) is 0 Å². The van der Waals surface area contributed by atoms with Crippen molar-refractivity contribution in [2.45, 2.75) is 13.5 Å². The lowest BCUT2D eigenvalue weighted by molar-refractivity contribution is 0.306. The summed E-state index contributed by atoms with van der Waals surface area (Å²) in [4.78, 5) is 9.57. The number of fused-ring (bicyclic) bond motifs is 1. The molecule has 0 atom stereocenters. The third-order valence-electron chi connectivity index (χ3n) is 5.35. The largest absolute Gasteiger partial charge is 0.509 e. The van der Waals surface area contributed by atoms with Crippen LogP contribution in [0.3, 0.4) is 0 Å². The third-order valence-corrected chi connectivity index (χ3v) is 5.35. The highest BCUT2D eigenvalue weighted by Gasteiger charge is 2.31. The summed E-state index contributed by atoms with van der Waals surface area (Å²) in [5.74, 6) is 1.54. The SMILES string of the molecule is Cc1ccc2nc(C3=C(O)CN(c4cccc(OCc5ccccc5)c4)C3=N)[nH]c2c1. The highest BCUT2D eigenvalue weighted by molar-refractivity contribution is 6.30. The van der Waals surface area contributed by atoms with Gasteiger partial charge in [-0.1, -0.05) is 42.5 Å². The summed E-state index contributed by atoms with van der Waals surface area (Å²) in [7, 11) is 0. The lowest BCUT2D eigenvalue weighted by Gasteiger charge is -2.19. The third kappa shape index (κ3) is 3.64. The van der Waals surface area contributed by atoms with Gasteiger partial charge in [0.15, 0.2) is 0 Å². The molecule has 154 valence electrons. The molecule has 3 aromatic carbocycles. The van der Waals surface area contributed by atoms with Crippen molar-refractivity contribution in [2.24, 2.45) is 0 Å². The van der Waals surface area contributed by atoms with Crippen molar-refractivity contribution in [2.75, 3.05) is 11.4 Å². The minimum absolute atomic E-state index is 0.122. The number of aromatic amines is 1. The van der Waals surface area contributed by atoms with Crippen LogP contribution < -0.4 is 9.64 Å². The summed E-state index contributed by atoms with van der Waals surface area (Å²) in [6.07, 6.45) is 0. The van der Waals surface area contributed by atoms with E-state index in [0.29, 0.717) is 23.8 Å². The van der Waals surface area contributed by atoms with E-state index in [2.05, 4.69) is 9.97 Å². The number of rotatable bonds is 5. The molecule has 1 aromatic heterocycles. The highest BCUT2D eigenvalue weighted by atomic mass is 16.5. The van der Waals surface area contributed by atoms with Crippen molar-refractivity contribution in [3.05, 3.63) is 95.5 Å². The molecule has 0 radical (unpaired) electrons. The summed E-state index contributed by atoms with van der Waals surface area (Å²) in [5.41, 5.74) is 5.11. The van der Waals surface area contributed by atoms with Crippen molar-refractivity contribution < 1.29 is 9.84 Å². The topological polar surface area (TPSA) is 85.2 Å². The van der Waals surface area contributed by atoms with E-state index in [0.717, 1.165) is 27.8 Å². The summed E-state index contributed by atoms with van der Waals surface area (Å²) < 4.78 is 5.93. The van der Waals surface area contributed by atoms with E-state index >= 15 is 0 Å². The zero-order chi connectivity index (χ0) is 21.4. The fourth-order valence-corrected chi connectivity index (χ4v) is 3.77. The molecule has 6 heteroatoms. The molecule has 6 nitrogen and oxygen atoms in total. The van der Waals surface area contributed by atoms with E-state index in [1.54, 1.807) is 4.90 Å². The van der Waals surface area contributed by atoms with Crippen LogP contribution in [0.5, 0.6) is 5.75 Å². The Balaban J connectivity index is 1.38. The number of nitrogens with zero attached hydrogens (tertiary/aromatic N) is 2. The number of aliphatic hydroxyl groups excluding tert-OH is 1. The van der Waals surface area contributed by atoms with E-state index in [1.165, 1.54) is 0 Å². The Hall–Kier alpha value is -4.06. The molecular formula is C25H22N4O2. The molecule has 0 bridgehead atoms. The second-order valence-corrected chi connectivity index (χ2v) is 7.63. The zero-order valence-corrected chi connectivity index (χ0v) is 17.1. The van der Waals surface area contributed by atoms with Gasteiger partial charge in [0.05, 0.1) is 23.2 Å². The van der Waals surface area contributed by atoms with E-state index < -0.39 is 0 Å². The van der Waals surface area contributed by atoms with Gasteiger partial charge in [-0.25, -0.2) is 4.98 Å². The molecular weight excluding hydrogens is 388 g/mol. The molecule has 31 heavy (non-hydrogen) atoms. The predicted molar refractivity (Wildman–Crippen MR) is 123 cm³/mol. The van der Waals surface area contributed by atoms with Gasteiger partial charge in [0.25, 0.3) is 0 Å². The minimum atomic E-state index is 0.122. The van der Waals surface area contributed by atoms with Gasteiger partial charge < -0.3 is 19.7 Å². The Labute approximate surface area is 180 Å². The number of H-pyrrole nitrogens is 1. The maximum atomic E-state index is 10.7. The predicted octanol–water partition coefficient (Wildman–Crippen LogP) is 5.22. The molecule has 0 spiro atoms. The van der Waals surface area contributed by atoms with Crippen molar-refractivity contribution in [3.8, 4) is 5.75 Å². The first-order chi connectivity index (χ1) is 15.1. The summed E-state index contributed by atoms with van der Waals surface area (Å²) >= 11 is 0. The Morgan fingerprint density at radius 2 is 1.90 bits per heavy atom. The standard InChI is InChI=1S/C25H22N4O2/c1-16-10-11-20-21(12-16)28-25(27-20)23-22(30)14-29(24(23)26)18-8-5-9-19(13-18)31-15-17-6-3-2-4-7-17/h2-13,26,30H,14-15H2,1H3,(H,27,28). The molecule has 1 aliphatic rings. The van der Waals surface area contributed by atoms with Crippen molar-refractivity contribution in [1.29, 1.82) is 5.41 Å². The van der Waals surface area contributed by atoms with Crippen LogP contribution in [0, 0.1) is 12.3 Å². The minimum Gasteiger partial charge on any atom is -0.509 e. The van der Waals surface area contributed by atoms with Crippen molar-refractivity contribution in [1.82, 2.24) is 9.97 Å². The Kier molecular flexibility index (Phi) is 4.67. The molecule has 0 saturated carbocycles. The number of nitrogens with one attached hydrogen (secondary N) is 2. The van der Waals surface area contributed by atoms with Gasteiger partial charge in [0.2, 0.25) is 0 Å². The van der Waals surface area contributed by atoms with Crippen molar-refractivity contribution in [3.63, 3.8) is 0 Å². The monoisotopic (exact) mass is 410 g/mol. The number of aromatic nitrogens is 2. The molecule has 0 saturated heterocycles. The molecule has 4 aromatic rings. The molecule has 0 fully saturated rings. The molecule has 0 unspecified atom stereocenters. The van der Waals surface area contributed by atoms with Gasteiger partial charge in [0, 0.05) is 11.8 Å². The number of benzene rings is 3. The van der Waals surface area contributed by atoms with Gasteiger partial charge in [-0.2, -0.15) is 0 Å². The van der Waals surface area contributed by atoms with Gasteiger partial charge in [-0.3, -0.25) is 5.41 Å². The fraction of sp³-hybridized carbons (Fsp3) is 0.120. The smallest absolute Gasteiger partial charge is 0.145 e. The number of imidazole rings is 1. The van der Waals surface area contributed by atoms with Gasteiger partial charge in [-0.05, 0) is 42.3 Å². The normalized spacial score (nSPS) is 14.0. The highest BCUT2D eigenvalue weighted by Crippen LogP contribution is 2.32. The van der Waals surface area contributed by atoms with E-state index in [4.69, 9.17) is 10.1 Å². The molecule has 3 N–H and O–H groups in total. The first-order valence-electron chi connectivity index (χ1n) is 10.1. The summed E-state index contributed by atoms with van der Waals surface area (Å²) in [6, 6.07) is 23.5. The van der Waals surface area contributed by atoms with Crippen LogP contribution >= 0.6 is 0 Å². The molecule has 5 rings (SSSR count). The van der Waals surface area contributed by atoms with E-state index in [9.17, 15) is 5.11 Å². The first kappa shape index (κ1) is 18.9. The Morgan fingerprint density at radius 3 is 2.74 bits per heavy atom. The van der Waals surface area contributed by atoms with Gasteiger partial charge in [0.1, 0.15) is 29.8 Å². The number of ether oxygens (including phenoxy) is 1.